The van der Waals surface area contributed by atoms with Gasteiger partial charge in [0, 0.05) is 23.8 Å². The molecule has 0 aliphatic heterocycles. The molecule has 0 spiro atoms. The molecule has 2 heterocycles. The Balaban J connectivity index is 1.54. The van der Waals surface area contributed by atoms with Gasteiger partial charge in [0.05, 0.1) is 12.1 Å². The molecule has 0 unspecified atom stereocenters. The molecule has 208 valence electrons. The summed E-state index contributed by atoms with van der Waals surface area (Å²) in [5.74, 6) is -0.170. The van der Waals surface area contributed by atoms with Crippen LogP contribution in [0, 0.1) is 0 Å². The number of nitrogens with one attached hydrogen (secondary N) is 3. The Morgan fingerprint density at radius 1 is 1.03 bits per heavy atom. The van der Waals surface area contributed by atoms with Crippen LogP contribution in [0.1, 0.15) is 22.3 Å². The van der Waals surface area contributed by atoms with Crippen molar-refractivity contribution in [3.05, 3.63) is 72.1 Å². The van der Waals surface area contributed by atoms with Crippen molar-refractivity contribution in [3.8, 4) is 5.75 Å². The Morgan fingerprint density at radius 3 is 2.51 bits per heavy atom. The standard InChI is InChI=1S/C26H29F3N6O3S/c1-35(2)14-4-11-30-16-23(36)34-22-15-18(10-13-31-22)17-39-25-21(5-3-12-32-25)24(37)33-19-6-8-20(9-7-19)38-26(27,28)29/h3,5-10,12-13,15,30H,4,11,14,16-17H2,1-2H3,(H,33,37)(H,31,34,36). The van der Waals surface area contributed by atoms with Crippen LogP contribution in [-0.2, 0) is 10.5 Å². The van der Waals surface area contributed by atoms with Crippen LogP contribution in [0.15, 0.2) is 66.0 Å². The van der Waals surface area contributed by atoms with Crippen molar-refractivity contribution in [1.82, 2.24) is 20.2 Å². The predicted octanol–water partition coefficient (Wildman–Crippen LogP) is 4.40. The molecular formula is C26H29F3N6O3S. The van der Waals surface area contributed by atoms with Crippen LogP contribution < -0.4 is 20.7 Å². The van der Waals surface area contributed by atoms with Crippen molar-refractivity contribution in [1.29, 1.82) is 0 Å². The normalized spacial score (nSPS) is 11.3. The smallest absolute Gasteiger partial charge is 0.406 e. The molecule has 1 aromatic carbocycles. The van der Waals surface area contributed by atoms with Gasteiger partial charge in [-0.3, -0.25) is 9.59 Å². The number of alkyl halides is 3. The summed E-state index contributed by atoms with van der Waals surface area (Å²) in [4.78, 5) is 35.6. The Hall–Kier alpha value is -3.68. The number of carbonyl (C=O) groups excluding carboxylic acids is 2. The second-order valence-electron chi connectivity index (χ2n) is 8.60. The first-order chi connectivity index (χ1) is 18.6. The zero-order valence-corrected chi connectivity index (χ0v) is 22.2. The van der Waals surface area contributed by atoms with E-state index >= 15 is 0 Å². The van der Waals surface area contributed by atoms with Crippen LogP contribution in [0.4, 0.5) is 24.7 Å². The molecule has 0 fully saturated rings. The molecule has 39 heavy (non-hydrogen) atoms. The first-order valence-electron chi connectivity index (χ1n) is 11.9. The van der Waals surface area contributed by atoms with Crippen molar-refractivity contribution in [2.45, 2.75) is 23.6 Å². The number of rotatable bonds is 13. The van der Waals surface area contributed by atoms with E-state index in [-0.39, 0.29) is 18.2 Å². The summed E-state index contributed by atoms with van der Waals surface area (Å²) >= 11 is 1.32. The summed E-state index contributed by atoms with van der Waals surface area (Å²) in [6.45, 7) is 1.84. The minimum atomic E-state index is -4.80. The third-order valence-corrected chi connectivity index (χ3v) is 6.15. The molecule has 3 rings (SSSR count). The number of thioether (sulfide) groups is 1. The number of carbonyl (C=O) groups is 2. The molecule has 2 amide bonds. The number of hydrogen-bond donors (Lipinski definition) is 3. The fourth-order valence-electron chi connectivity index (χ4n) is 3.31. The molecule has 0 bridgehead atoms. The highest BCUT2D eigenvalue weighted by Gasteiger charge is 2.31. The lowest BCUT2D eigenvalue weighted by atomic mass is 10.2. The maximum Gasteiger partial charge on any atom is 0.573 e. The molecule has 3 aromatic rings. The maximum absolute atomic E-state index is 12.9. The van der Waals surface area contributed by atoms with Gasteiger partial charge in [-0.25, -0.2) is 9.97 Å². The van der Waals surface area contributed by atoms with Gasteiger partial charge in [-0.05, 0) is 87.7 Å². The second-order valence-corrected chi connectivity index (χ2v) is 9.57. The topological polar surface area (TPSA) is 108 Å². The van der Waals surface area contributed by atoms with E-state index in [9.17, 15) is 22.8 Å². The first kappa shape index (κ1) is 29.9. The summed E-state index contributed by atoms with van der Waals surface area (Å²) in [5, 5.41) is 8.99. The van der Waals surface area contributed by atoms with Crippen LogP contribution >= 0.6 is 11.8 Å². The molecule has 9 nitrogen and oxygen atoms in total. The van der Waals surface area contributed by atoms with Crippen molar-refractivity contribution in [3.63, 3.8) is 0 Å². The number of benzene rings is 1. The number of pyridine rings is 2. The quantitative estimate of drug-likeness (QED) is 0.208. The summed E-state index contributed by atoms with van der Waals surface area (Å²) in [7, 11) is 3.99. The number of amides is 2. The summed E-state index contributed by atoms with van der Waals surface area (Å²) in [6.07, 6.45) is -0.709. The number of anilines is 2. The van der Waals surface area contributed by atoms with Gasteiger partial charge in [0.25, 0.3) is 5.91 Å². The minimum absolute atomic E-state index is 0.179. The average Bonchev–Trinajstić information content (AvgIpc) is 2.88. The van der Waals surface area contributed by atoms with Gasteiger partial charge < -0.3 is 25.6 Å². The van der Waals surface area contributed by atoms with Gasteiger partial charge in [-0.2, -0.15) is 0 Å². The van der Waals surface area contributed by atoms with Crippen molar-refractivity contribution < 1.29 is 27.5 Å². The van der Waals surface area contributed by atoms with Gasteiger partial charge in [-0.1, -0.05) is 0 Å². The number of aromatic nitrogens is 2. The molecule has 2 aromatic heterocycles. The molecule has 3 N–H and O–H groups in total. The van der Waals surface area contributed by atoms with E-state index in [4.69, 9.17) is 0 Å². The van der Waals surface area contributed by atoms with E-state index < -0.39 is 12.3 Å². The van der Waals surface area contributed by atoms with E-state index in [1.54, 1.807) is 36.7 Å². The minimum Gasteiger partial charge on any atom is -0.406 e. The van der Waals surface area contributed by atoms with E-state index in [0.29, 0.717) is 27.8 Å². The van der Waals surface area contributed by atoms with Crippen LogP contribution in [0.2, 0.25) is 0 Å². The molecule has 0 atom stereocenters. The summed E-state index contributed by atoms with van der Waals surface area (Å²) < 4.78 is 40.9. The number of hydrogen-bond acceptors (Lipinski definition) is 8. The van der Waals surface area contributed by atoms with Crippen LogP contribution in [-0.4, -0.2) is 66.8 Å². The zero-order chi connectivity index (χ0) is 28.3. The van der Waals surface area contributed by atoms with Gasteiger partial charge in [0.2, 0.25) is 5.91 Å². The Morgan fingerprint density at radius 2 is 1.79 bits per heavy atom. The Labute approximate surface area is 228 Å². The first-order valence-corrected chi connectivity index (χ1v) is 12.9. The maximum atomic E-state index is 12.9. The second kappa shape index (κ2) is 14.5. The predicted molar refractivity (Wildman–Crippen MR) is 144 cm³/mol. The Kier molecular flexibility index (Phi) is 11.1. The molecular weight excluding hydrogens is 533 g/mol. The number of nitrogens with zero attached hydrogens (tertiary/aromatic N) is 3. The Bertz CT molecular complexity index is 1240. The van der Waals surface area contributed by atoms with Crippen molar-refractivity contribution in [2.24, 2.45) is 0 Å². The largest absolute Gasteiger partial charge is 0.573 e. The monoisotopic (exact) mass is 562 g/mol. The molecule has 0 radical (unpaired) electrons. The molecule has 13 heteroatoms. The third kappa shape index (κ3) is 10.9. The molecule has 0 saturated carbocycles. The van der Waals surface area contributed by atoms with E-state index in [2.05, 4.69) is 35.6 Å². The number of halogens is 3. The molecule has 0 aliphatic rings. The number of ether oxygens (including phenoxy) is 1. The van der Waals surface area contributed by atoms with Crippen LogP contribution in [0.3, 0.4) is 0 Å². The SMILES string of the molecule is CN(C)CCCNCC(=O)Nc1cc(CSc2ncccc2C(=O)Nc2ccc(OC(F)(F)F)cc2)ccn1. The molecule has 0 aliphatic carbocycles. The van der Waals surface area contributed by atoms with E-state index in [1.807, 2.05) is 14.1 Å². The highest BCUT2D eigenvalue weighted by molar-refractivity contribution is 7.98. The van der Waals surface area contributed by atoms with Gasteiger partial charge in [0.15, 0.2) is 0 Å². The highest BCUT2D eigenvalue weighted by atomic mass is 32.2. The van der Waals surface area contributed by atoms with Crippen molar-refractivity contribution >= 4 is 35.1 Å². The lowest BCUT2D eigenvalue weighted by Crippen LogP contribution is -2.30. The average molecular weight is 563 g/mol. The zero-order valence-electron chi connectivity index (χ0n) is 21.4. The molecule has 0 saturated heterocycles. The fraction of sp³-hybridized carbons (Fsp3) is 0.308. The highest BCUT2D eigenvalue weighted by Crippen LogP contribution is 2.27. The summed E-state index contributed by atoms with van der Waals surface area (Å²) in [6, 6.07) is 11.6. The van der Waals surface area contributed by atoms with E-state index in [0.717, 1.165) is 37.2 Å². The van der Waals surface area contributed by atoms with Crippen LogP contribution in [0.25, 0.3) is 0 Å². The van der Waals surface area contributed by atoms with Gasteiger partial charge in [-0.15, -0.1) is 24.9 Å². The fourth-order valence-corrected chi connectivity index (χ4v) is 4.24. The summed E-state index contributed by atoms with van der Waals surface area (Å²) in [5.41, 5.74) is 1.47. The lowest BCUT2D eigenvalue weighted by Gasteiger charge is -2.11. The van der Waals surface area contributed by atoms with E-state index in [1.165, 1.54) is 23.9 Å². The van der Waals surface area contributed by atoms with Crippen LogP contribution in [0.5, 0.6) is 5.75 Å². The van der Waals surface area contributed by atoms with Gasteiger partial charge >= 0.3 is 6.36 Å². The van der Waals surface area contributed by atoms with Gasteiger partial charge in [0.1, 0.15) is 16.6 Å². The lowest BCUT2D eigenvalue weighted by molar-refractivity contribution is -0.274. The van der Waals surface area contributed by atoms with Crippen molar-refractivity contribution in [2.75, 3.05) is 44.4 Å². The third-order valence-electron chi connectivity index (χ3n) is 5.07.